The van der Waals surface area contributed by atoms with Crippen LogP contribution in [-0.2, 0) is 10.8 Å². The van der Waals surface area contributed by atoms with Crippen molar-refractivity contribution in [2.24, 2.45) is 5.92 Å². The first-order valence-electron chi connectivity index (χ1n) is 22.1. The number of benzene rings is 9. The molecule has 0 aliphatic heterocycles. The second kappa shape index (κ2) is 13.1. The molecule has 0 heterocycles. The van der Waals surface area contributed by atoms with Gasteiger partial charge >= 0.3 is 0 Å². The normalized spacial score (nSPS) is 16.8. The number of rotatable bonds is 4. The van der Waals surface area contributed by atoms with Crippen LogP contribution in [0.1, 0.15) is 63.3 Å². The Balaban J connectivity index is 1.08. The lowest BCUT2D eigenvalue weighted by atomic mass is 9.78. The zero-order valence-electron chi connectivity index (χ0n) is 35.6. The largest absolute Gasteiger partial charge is 0.0836 e. The van der Waals surface area contributed by atoms with Crippen LogP contribution < -0.4 is 0 Å². The molecule has 0 radical (unpaired) electrons. The van der Waals surface area contributed by atoms with Crippen molar-refractivity contribution in [3.8, 4) is 55.6 Å². The van der Waals surface area contributed by atoms with Gasteiger partial charge in [-0.15, -0.1) is 0 Å². The number of hydrogen-bond acceptors (Lipinski definition) is 0. The van der Waals surface area contributed by atoms with Crippen molar-refractivity contribution in [1.82, 2.24) is 0 Å². The standard InChI is InChI=1S/C61H48/c1-37-14-12-23-54-57(37)51-31-28-45(36-56(51)61(54,4)5)59-49-21-9-8-20-48(49)58(50-30-27-42(34-52(50)59)41-25-24-38-15-6-7-16-39(38)32-41)44-18-13-17-40(33-44)43-26-29-47-46-19-10-11-22-53(46)60(2,3)55(47)35-43/h6-13,15-37H,14H2,1-5H3. The van der Waals surface area contributed by atoms with Gasteiger partial charge in [0.1, 0.15) is 0 Å². The van der Waals surface area contributed by atoms with E-state index in [0.29, 0.717) is 5.92 Å². The summed E-state index contributed by atoms with van der Waals surface area (Å²) in [6, 6.07) is 64.6. The number of hydrogen-bond donors (Lipinski definition) is 0. The van der Waals surface area contributed by atoms with Crippen molar-refractivity contribution < 1.29 is 0 Å². The molecule has 0 spiro atoms. The fourth-order valence-corrected chi connectivity index (χ4v) is 11.5. The van der Waals surface area contributed by atoms with E-state index in [2.05, 4.69) is 217 Å². The van der Waals surface area contributed by atoms with Crippen LogP contribution in [0.25, 0.3) is 93.5 Å². The molecule has 0 saturated heterocycles. The van der Waals surface area contributed by atoms with Gasteiger partial charge in [-0.2, -0.15) is 0 Å². The molecule has 0 aromatic heterocycles. The van der Waals surface area contributed by atoms with E-state index >= 15 is 0 Å². The predicted octanol–water partition coefficient (Wildman–Crippen LogP) is 16.8. The Hall–Kier alpha value is -6.76. The predicted molar refractivity (Wildman–Crippen MR) is 261 cm³/mol. The summed E-state index contributed by atoms with van der Waals surface area (Å²) in [5.74, 6) is 0.521. The van der Waals surface area contributed by atoms with Gasteiger partial charge in [0.15, 0.2) is 0 Å². The monoisotopic (exact) mass is 780 g/mol. The lowest BCUT2D eigenvalue weighted by Crippen LogP contribution is -2.17. The summed E-state index contributed by atoms with van der Waals surface area (Å²) < 4.78 is 0. The molecule has 3 aliphatic carbocycles. The SMILES string of the molecule is CC1CC=CC2=C1c1ccc(-c3c4ccccc4c(-c4cccc(-c5ccc6c(c5)C(C)(C)c5ccccc5-6)c4)c4ccc(-c5ccc6ccccc6c5)cc34)cc1C2(C)C. The lowest BCUT2D eigenvalue weighted by molar-refractivity contribution is 0.643. The van der Waals surface area contributed by atoms with E-state index in [1.54, 1.807) is 0 Å². The van der Waals surface area contributed by atoms with E-state index in [1.165, 1.54) is 121 Å². The molecule has 0 amide bonds. The molecule has 9 aromatic carbocycles. The minimum absolute atomic E-state index is 0.0539. The molecular weight excluding hydrogens is 733 g/mol. The Morgan fingerprint density at radius 2 is 0.951 bits per heavy atom. The molecule has 61 heavy (non-hydrogen) atoms. The van der Waals surface area contributed by atoms with Gasteiger partial charge in [-0.05, 0) is 164 Å². The molecular formula is C61H48. The summed E-state index contributed by atoms with van der Waals surface area (Å²) in [6.07, 6.45) is 5.89. The number of fused-ring (bicyclic) bond motifs is 8. The fraction of sp³-hybridized carbons (Fsp3) is 0.148. The van der Waals surface area contributed by atoms with Crippen LogP contribution in [0.2, 0.25) is 0 Å². The molecule has 12 rings (SSSR count). The van der Waals surface area contributed by atoms with Crippen molar-refractivity contribution in [1.29, 1.82) is 0 Å². The highest BCUT2D eigenvalue weighted by Gasteiger charge is 2.39. The van der Waals surface area contributed by atoms with Gasteiger partial charge in [-0.1, -0.05) is 186 Å². The molecule has 3 aliphatic rings. The fourth-order valence-electron chi connectivity index (χ4n) is 11.5. The number of allylic oxidation sites excluding steroid dienone is 4. The summed E-state index contributed by atoms with van der Waals surface area (Å²) in [5.41, 5.74) is 21.4. The Morgan fingerprint density at radius 3 is 1.80 bits per heavy atom. The molecule has 0 fully saturated rings. The van der Waals surface area contributed by atoms with Crippen LogP contribution in [0, 0.1) is 5.92 Å². The third-order valence-electron chi connectivity index (χ3n) is 14.7. The average Bonchev–Trinajstić information content (AvgIpc) is 3.67. The first kappa shape index (κ1) is 36.1. The van der Waals surface area contributed by atoms with Gasteiger partial charge in [0, 0.05) is 10.8 Å². The maximum atomic E-state index is 2.53. The van der Waals surface area contributed by atoms with Crippen LogP contribution in [0.4, 0.5) is 0 Å². The van der Waals surface area contributed by atoms with Crippen LogP contribution in [0.15, 0.2) is 188 Å². The van der Waals surface area contributed by atoms with Gasteiger partial charge in [0.05, 0.1) is 0 Å². The van der Waals surface area contributed by atoms with Gasteiger partial charge in [-0.25, -0.2) is 0 Å². The average molecular weight is 781 g/mol. The second-order valence-electron chi connectivity index (χ2n) is 18.9. The van der Waals surface area contributed by atoms with Gasteiger partial charge in [-0.3, -0.25) is 0 Å². The van der Waals surface area contributed by atoms with E-state index in [1.807, 2.05) is 0 Å². The molecule has 1 atom stereocenters. The molecule has 0 saturated carbocycles. The molecule has 9 aromatic rings. The highest BCUT2D eigenvalue weighted by molar-refractivity contribution is 6.22. The topological polar surface area (TPSA) is 0 Å². The summed E-state index contributed by atoms with van der Waals surface area (Å²) >= 11 is 0. The smallest absolute Gasteiger partial charge is 0.0159 e. The molecule has 292 valence electrons. The van der Waals surface area contributed by atoms with E-state index in [9.17, 15) is 0 Å². The maximum absolute atomic E-state index is 2.53. The van der Waals surface area contributed by atoms with E-state index in [0.717, 1.165) is 6.42 Å². The Morgan fingerprint density at radius 1 is 0.393 bits per heavy atom. The molecule has 0 heteroatoms. The quantitative estimate of drug-likeness (QED) is 0.156. The van der Waals surface area contributed by atoms with Crippen molar-refractivity contribution in [3.63, 3.8) is 0 Å². The summed E-state index contributed by atoms with van der Waals surface area (Å²) in [5, 5.41) is 7.64. The van der Waals surface area contributed by atoms with Crippen molar-refractivity contribution in [2.45, 2.75) is 51.9 Å². The molecule has 0 bridgehead atoms. The van der Waals surface area contributed by atoms with Crippen LogP contribution in [0.5, 0.6) is 0 Å². The third kappa shape index (κ3) is 5.31. The Bertz CT molecular complexity index is 3400. The molecule has 1 unspecified atom stereocenters. The van der Waals surface area contributed by atoms with Crippen LogP contribution in [0.3, 0.4) is 0 Å². The van der Waals surface area contributed by atoms with Crippen molar-refractivity contribution in [3.05, 3.63) is 210 Å². The second-order valence-corrected chi connectivity index (χ2v) is 18.9. The minimum Gasteiger partial charge on any atom is -0.0836 e. The van der Waals surface area contributed by atoms with Crippen LogP contribution in [-0.4, -0.2) is 0 Å². The Labute approximate surface area is 359 Å². The lowest BCUT2D eigenvalue weighted by Gasteiger charge is -2.26. The Kier molecular flexibility index (Phi) is 7.77. The van der Waals surface area contributed by atoms with Gasteiger partial charge in [0.25, 0.3) is 0 Å². The van der Waals surface area contributed by atoms with E-state index in [4.69, 9.17) is 0 Å². The van der Waals surface area contributed by atoms with Crippen LogP contribution >= 0.6 is 0 Å². The highest BCUT2D eigenvalue weighted by atomic mass is 14.4. The van der Waals surface area contributed by atoms with Gasteiger partial charge in [0.2, 0.25) is 0 Å². The zero-order chi connectivity index (χ0) is 41.2. The van der Waals surface area contributed by atoms with E-state index in [-0.39, 0.29) is 10.8 Å². The van der Waals surface area contributed by atoms with Crippen molar-refractivity contribution in [2.75, 3.05) is 0 Å². The van der Waals surface area contributed by atoms with Gasteiger partial charge < -0.3 is 0 Å². The first-order valence-corrected chi connectivity index (χ1v) is 22.1. The van der Waals surface area contributed by atoms with E-state index < -0.39 is 0 Å². The third-order valence-corrected chi connectivity index (χ3v) is 14.7. The maximum Gasteiger partial charge on any atom is 0.0159 e. The summed E-state index contributed by atoms with van der Waals surface area (Å²) in [4.78, 5) is 0. The first-order chi connectivity index (χ1) is 29.7. The summed E-state index contributed by atoms with van der Waals surface area (Å²) in [6.45, 7) is 12.0. The highest BCUT2D eigenvalue weighted by Crippen LogP contribution is 2.54. The zero-order valence-corrected chi connectivity index (χ0v) is 35.6. The molecule has 0 N–H and O–H groups in total. The van der Waals surface area contributed by atoms with Crippen molar-refractivity contribution >= 4 is 37.9 Å². The summed E-state index contributed by atoms with van der Waals surface area (Å²) in [7, 11) is 0. The minimum atomic E-state index is -0.0658. The molecule has 0 nitrogen and oxygen atoms in total.